The van der Waals surface area contributed by atoms with Gasteiger partial charge >= 0.3 is 5.97 Å². The molecule has 38 heavy (non-hydrogen) atoms. The van der Waals surface area contributed by atoms with Crippen LogP contribution in [0.4, 0.5) is 0 Å². The molecule has 0 saturated carbocycles. The number of carbonyl (C=O) groups excluding carboxylic acids is 1. The Morgan fingerprint density at radius 1 is 1.00 bits per heavy atom. The molecule has 0 saturated heterocycles. The zero-order valence-corrected chi connectivity index (χ0v) is 23.8. The van der Waals surface area contributed by atoms with Crippen molar-refractivity contribution in [2.75, 3.05) is 0 Å². The van der Waals surface area contributed by atoms with Crippen molar-refractivity contribution in [2.45, 2.75) is 64.0 Å². The Bertz CT molecular complexity index is 1290. The summed E-state index contributed by atoms with van der Waals surface area (Å²) in [6, 6.07) is 27.6. The van der Waals surface area contributed by atoms with Crippen LogP contribution in [0.25, 0.3) is 0 Å². The number of benzene rings is 3. The van der Waals surface area contributed by atoms with Crippen LogP contribution in [0, 0.1) is 0 Å². The molecule has 5 heteroatoms. The Balaban J connectivity index is 1.71. The highest BCUT2D eigenvalue weighted by molar-refractivity contribution is 6.80. The van der Waals surface area contributed by atoms with Crippen LogP contribution in [0.5, 0.6) is 5.75 Å². The van der Waals surface area contributed by atoms with E-state index in [1.54, 1.807) is 0 Å². The second-order valence-electron chi connectivity index (χ2n) is 11.1. The molecule has 0 aromatic heterocycles. The van der Waals surface area contributed by atoms with Crippen molar-refractivity contribution in [2.24, 2.45) is 0 Å². The first-order valence-corrected chi connectivity index (χ1v) is 17.0. The number of rotatable bonds is 10. The van der Waals surface area contributed by atoms with Gasteiger partial charge < -0.3 is 14.6 Å². The summed E-state index contributed by atoms with van der Waals surface area (Å²) in [5.74, 6) is -0.0946. The van der Waals surface area contributed by atoms with Gasteiger partial charge in [-0.25, -0.2) is 4.79 Å². The maximum atomic E-state index is 13.7. The number of aliphatic hydroxyl groups is 1. The first-order valence-electron chi connectivity index (χ1n) is 13.4. The van der Waals surface area contributed by atoms with Gasteiger partial charge in [-0.1, -0.05) is 118 Å². The van der Waals surface area contributed by atoms with Gasteiger partial charge in [-0.15, -0.1) is 0 Å². The molecule has 0 bridgehead atoms. The van der Waals surface area contributed by atoms with Crippen LogP contribution in [0.2, 0.25) is 19.6 Å². The summed E-state index contributed by atoms with van der Waals surface area (Å²) in [6.45, 7) is 9.25. The van der Waals surface area contributed by atoms with Crippen LogP contribution in [0.15, 0.2) is 108 Å². The molecule has 4 nitrogen and oxygen atoms in total. The molecule has 3 aromatic rings. The van der Waals surface area contributed by atoms with E-state index in [9.17, 15) is 9.90 Å². The lowest BCUT2D eigenvalue weighted by Gasteiger charge is -2.38. The number of esters is 1. The minimum absolute atomic E-state index is 0.0967. The van der Waals surface area contributed by atoms with Crippen molar-refractivity contribution in [1.29, 1.82) is 0 Å². The Kier molecular flexibility index (Phi) is 8.57. The van der Waals surface area contributed by atoms with Crippen molar-refractivity contribution in [1.82, 2.24) is 0 Å². The second kappa shape index (κ2) is 11.9. The zero-order valence-electron chi connectivity index (χ0n) is 22.8. The zero-order chi connectivity index (χ0) is 27.2. The van der Waals surface area contributed by atoms with E-state index in [-0.39, 0.29) is 12.2 Å². The molecule has 0 fully saturated rings. The summed E-state index contributed by atoms with van der Waals surface area (Å²) in [6.07, 6.45) is 3.78. The minimum Gasteiger partial charge on any atom is -0.512 e. The predicted octanol–water partition coefficient (Wildman–Crippen LogP) is 8.24. The average Bonchev–Trinajstić information content (AvgIpc) is 2.90. The molecule has 0 amide bonds. The highest BCUT2D eigenvalue weighted by Crippen LogP contribution is 2.45. The van der Waals surface area contributed by atoms with Crippen molar-refractivity contribution in [3.63, 3.8) is 0 Å². The summed E-state index contributed by atoms with van der Waals surface area (Å²) in [5, 5.41) is 11.5. The molecule has 1 aliphatic heterocycles. The minimum atomic E-state index is -1.60. The van der Waals surface area contributed by atoms with E-state index in [0.29, 0.717) is 24.4 Å². The number of hydrogen-bond acceptors (Lipinski definition) is 4. The van der Waals surface area contributed by atoms with E-state index < -0.39 is 25.6 Å². The summed E-state index contributed by atoms with van der Waals surface area (Å²) in [5.41, 5.74) is 4.53. The van der Waals surface area contributed by atoms with Crippen LogP contribution in [-0.4, -0.2) is 19.1 Å². The smallest absolute Gasteiger partial charge is 0.339 e. The highest BCUT2D eigenvalue weighted by atomic mass is 28.3. The third kappa shape index (κ3) is 6.64. The largest absolute Gasteiger partial charge is 0.512 e. The van der Waals surface area contributed by atoms with Crippen LogP contribution < -0.4 is 4.74 Å². The van der Waals surface area contributed by atoms with Crippen molar-refractivity contribution in [3.8, 4) is 5.75 Å². The quantitative estimate of drug-likeness (QED) is 0.213. The summed E-state index contributed by atoms with van der Waals surface area (Å²) < 4.78 is 12.3. The number of aliphatic hydroxyl groups excluding tert-OH is 1. The molecule has 2 unspecified atom stereocenters. The summed E-state index contributed by atoms with van der Waals surface area (Å²) >= 11 is 0. The average molecular weight is 527 g/mol. The monoisotopic (exact) mass is 526 g/mol. The number of cyclic esters (lactones) is 1. The number of carbonyl (C=O) groups is 1. The fraction of sp³-hybridized carbons (Fsp3) is 0.303. The van der Waals surface area contributed by atoms with Gasteiger partial charge in [0, 0.05) is 12.3 Å². The van der Waals surface area contributed by atoms with Gasteiger partial charge in [-0.2, -0.15) is 0 Å². The third-order valence-electron chi connectivity index (χ3n) is 6.79. The SMILES string of the molecule is CCCC1(c2ccccc2)CC(O)=C(C(/C=C/[Si](C)(C)C)c2cccc(OCc3ccccc3)c2)C(=O)O1. The normalized spacial score (nSPS) is 18.9. The number of ether oxygens (including phenoxy) is 2. The fourth-order valence-electron chi connectivity index (χ4n) is 4.95. The number of hydrogen-bond donors (Lipinski definition) is 1. The maximum Gasteiger partial charge on any atom is 0.339 e. The molecule has 2 atom stereocenters. The standard InChI is InChI=1S/C33H38O4Si/c1-5-20-33(27-16-10-7-11-17-27)23-30(34)31(32(35)37-33)29(19-21-38(2,3)4)26-15-12-18-28(22-26)36-24-25-13-8-6-9-14-25/h6-19,21-22,29,34H,5,20,23-24H2,1-4H3/b21-19+. The molecule has 3 aromatic carbocycles. The Hall–Kier alpha value is -3.57. The van der Waals surface area contributed by atoms with Crippen molar-refractivity contribution in [3.05, 3.63) is 125 Å². The Morgan fingerprint density at radius 2 is 1.68 bits per heavy atom. The molecule has 0 radical (unpaired) electrons. The first-order chi connectivity index (χ1) is 18.2. The molecule has 198 valence electrons. The highest BCUT2D eigenvalue weighted by Gasteiger charge is 2.44. The molecule has 1 N–H and O–H groups in total. The van der Waals surface area contributed by atoms with Gasteiger partial charge in [0.05, 0.1) is 13.6 Å². The Labute approximate surface area is 227 Å². The van der Waals surface area contributed by atoms with Gasteiger partial charge in [0.2, 0.25) is 0 Å². The Morgan fingerprint density at radius 3 is 2.32 bits per heavy atom. The van der Waals surface area contributed by atoms with Crippen LogP contribution in [0.1, 0.15) is 48.8 Å². The molecule has 4 rings (SSSR count). The van der Waals surface area contributed by atoms with Crippen LogP contribution in [-0.2, 0) is 21.7 Å². The van der Waals surface area contributed by atoms with E-state index in [4.69, 9.17) is 9.47 Å². The van der Waals surface area contributed by atoms with Gasteiger partial charge in [0.25, 0.3) is 0 Å². The van der Waals surface area contributed by atoms with Gasteiger partial charge in [0.1, 0.15) is 23.7 Å². The van der Waals surface area contributed by atoms with Crippen molar-refractivity contribution >= 4 is 14.0 Å². The lowest BCUT2D eigenvalue weighted by atomic mass is 9.80. The molecular formula is C33H38O4Si. The molecule has 0 aliphatic carbocycles. The molecule has 1 heterocycles. The maximum absolute atomic E-state index is 13.7. The number of allylic oxidation sites excluding steroid dienone is 1. The summed E-state index contributed by atoms with van der Waals surface area (Å²) in [4.78, 5) is 13.7. The van der Waals surface area contributed by atoms with Gasteiger partial charge in [-0.3, -0.25) is 0 Å². The van der Waals surface area contributed by atoms with E-state index in [1.807, 2.05) is 84.9 Å². The molecular weight excluding hydrogens is 488 g/mol. The van der Waals surface area contributed by atoms with Crippen LogP contribution in [0.3, 0.4) is 0 Å². The van der Waals surface area contributed by atoms with Crippen LogP contribution >= 0.6 is 0 Å². The van der Waals surface area contributed by atoms with E-state index >= 15 is 0 Å². The topological polar surface area (TPSA) is 55.8 Å². The summed E-state index contributed by atoms with van der Waals surface area (Å²) in [7, 11) is -1.60. The van der Waals surface area contributed by atoms with E-state index in [1.165, 1.54) is 0 Å². The lowest BCUT2D eigenvalue weighted by Crippen LogP contribution is -2.39. The fourth-order valence-corrected chi connectivity index (χ4v) is 5.72. The molecule has 0 spiro atoms. The first kappa shape index (κ1) is 27.5. The third-order valence-corrected chi connectivity index (χ3v) is 7.98. The van der Waals surface area contributed by atoms with Crippen molar-refractivity contribution < 1.29 is 19.4 Å². The second-order valence-corrected chi connectivity index (χ2v) is 16.2. The van der Waals surface area contributed by atoms with E-state index in [2.05, 4.69) is 38.3 Å². The molecule has 1 aliphatic rings. The predicted molar refractivity (Wildman–Crippen MR) is 156 cm³/mol. The van der Waals surface area contributed by atoms with E-state index in [0.717, 1.165) is 23.1 Å². The van der Waals surface area contributed by atoms with Gasteiger partial charge in [0.15, 0.2) is 0 Å². The van der Waals surface area contributed by atoms with Gasteiger partial charge in [-0.05, 0) is 35.2 Å². The lowest BCUT2D eigenvalue weighted by molar-refractivity contribution is -0.161.